The summed E-state index contributed by atoms with van der Waals surface area (Å²) in [4.78, 5) is 82.7. The first kappa shape index (κ1) is 38.9. The summed E-state index contributed by atoms with van der Waals surface area (Å²) in [6.45, 7) is 3.21. The highest BCUT2D eigenvalue weighted by molar-refractivity contribution is 6.37. The number of H-pyrrole nitrogens is 1. The van der Waals surface area contributed by atoms with E-state index in [1.54, 1.807) is 38.2 Å². The Balaban J connectivity index is 1.43. The number of carbonyl (C=O) groups is 6. The summed E-state index contributed by atoms with van der Waals surface area (Å²) in [7, 11) is 0. The zero-order valence-corrected chi connectivity index (χ0v) is 30.0. The number of amides is 5. The molecule has 1 aromatic carbocycles. The van der Waals surface area contributed by atoms with Gasteiger partial charge in [-0.1, -0.05) is 37.3 Å². The van der Waals surface area contributed by atoms with Crippen LogP contribution in [0, 0.1) is 5.92 Å². The lowest BCUT2D eigenvalue weighted by Crippen LogP contribution is -2.56. The molecule has 1 unspecified atom stereocenters. The van der Waals surface area contributed by atoms with Crippen molar-refractivity contribution >= 4 is 46.4 Å². The average Bonchev–Trinajstić information content (AvgIpc) is 3.90. The molecule has 1 saturated carbocycles. The summed E-state index contributed by atoms with van der Waals surface area (Å²) in [6.07, 6.45) is 7.86. The lowest BCUT2D eigenvalue weighted by atomic mass is 9.84. The molecular weight excluding hydrogens is 686 g/mol. The fourth-order valence-electron chi connectivity index (χ4n) is 7.43. The Morgan fingerprint density at radius 3 is 2.49 bits per heavy atom. The average molecular weight is 736 g/mol. The van der Waals surface area contributed by atoms with Crippen molar-refractivity contribution in [2.75, 3.05) is 13.1 Å². The van der Waals surface area contributed by atoms with Crippen LogP contribution in [-0.2, 0) is 24.8 Å². The summed E-state index contributed by atoms with van der Waals surface area (Å²) in [5, 5.41) is 36.5. The van der Waals surface area contributed by atoms with E-state index in [0.717, 1.165) is 43.0 Å². The van der Waals surface area contributed by atoms with Crippen molar-refractivity contribution in [3.05, 3.63) is 47.9 Å². The number of fused-ring (bicyclic) bond motifs is 1. The highest BCUT2D eigenvalue weighted by Gasteiger charge is 2.45. The number of hydrogen-bond acceptors (Lipinski definition) is 9. The Kier molecular flexibility index (Phi) is 12.5. The van der Waals surface area contributed by atoms with Crippen molar-refractivity contribution in [2.24, 2.45) is 11.7 Å². The minimum atomic E-state index is -1.36. The molecule has 2 fully saturated rings. The number of nitrogens with two attached hydrogens (primary N) is 1. The number of aliphatic hydroxyl groups is 1. The minimum absolute atomic E-state index is 0.00329. The molecule has 5 amide bonds. The first-order valence-electron chi connectivity index (χ1n) is 18.1. The minimum Gasteiger partial charge on any atom is -0.465 e. The van der Waals surface area contributed by atoms with Crippen molar-refractivity contribution in [1.29, 1.82) is 0 Å². The highest BCUT2D eigenvalue weighted by atomic mass is 16.4. The Bertz CT molecular complexity index is 1810. The van der Waals surface area contributed by atoms with Crippen molar-refractivity contribution in [3.8, 4) is 0 Å². The molecule has 0 bridgehead atoms. The van der Waals surface area contributed by atoms with E-state index in [-0.39, 0.29) is 38.3 Å². The number of rotatable bonds is 16. The van der Waals surface area contributed by atoms with E-state index in [2.05, 4.69) is 31.2 Å². The largest absolute Gasteiger partial charge is 0.465 e. The van der Waals surface area contributed by atoms with E-state index >= 15 is 0 Å². The van der Waals surface area contributed by atoms with Crippen LogP contribution in [0.25, 0.3) is 10.9 Å². The number of ketones is 1. The number of carboxylic acid groups (broad SMARTS) is 1. The van der Waals surface area contributed by atoms with Crippen molar-refractivity contribution < 1.29 is 39.0 Å². The Hall–Kier alpha value is -5.32. The second kappa shape index (κ2) is 17.0. The highest BCUT2D eigenvalue weighted by Crippen LogP contribution is 2.33. The Labute approximate surface area is 306 Å². The van der Waals surface area contributed by atoms with Gasteiger partial charge >= 0.3 is 6.09 Å². The van der Waals surface area contributed by atoms with Gasteiger partial charge in [-0.05, 0) is 69.7 Å². The second-order valence-corrected chi connectivity index (χ2v) is 14.6. The third-order valence-corrected chi connectivity index (χ3v) is 10.2. The zero-order valence-electron chi connectivity index (χ0n) is 30.0. The predicted octanol–water partition coefficient (Wildman–Crippen LogP) is 1.87. The molecule has 286 valence electrons. The molecule has 1 aliphatic heterocycles. The molecule has 3 aromatic rings. The van der Waals surface area contributed by atoms with Gasteiger partial charge in [0.1, 0.15) is 17.7 Å². The number of benzene rings is 1. The standard InChI is InChI=1S/C36H49N9O8/c1-36(2,53)29-19-40-43-45(29)24-18-28(33(49)41-26(30(46)31(37)47)10-6-7-14-39-35(51)52)44(20-24)34(50)27(16-21-8-4-3-5-9-21)42-32(48)23-11-12-25-22(17-23)13-15-38-25/h11-13,15,17,19,21,24,26-28,38-39,53H,3-10,14,16,18,20H2,1-2H3,(H2,37,47)(H,41,49)(H,42,48)(H,51,52)/t24-,26?,27+,28-/m0/s1. The molecule has 5 rings (SSSR count). The van der Waals surface area contributed by atoms with Crippen molar-refractivity contribution in [3.63, 3.8) is 0 Å². The maximum absolute atomic E-state index is 14.7. The van der Waals surface area contributed by atoms with Crippen LogP contribution < -0.4 is 21.7 Å². The van der Waals surface area contributed by atoms with E-state index in [1.165, 1.54) is 15.8 Å². The first-order chi connectivity index (χ1) is 25.2. The van der Waals surface area contributed by atoms with Gasteiger partial charge in [-0.25, -0.2) is 9.48 Å². The molecule has 2 aliphatic rings. The number of carbonyl (C=O) groups excluding carboxylic acids is 5. The number of nitrogens with one attached hydrogen (secondary N) is 4. The fourth-order valence-corrected chi connectivity index (χ4v) is 7.43. The summed E-state index contributed by atoms with van der Waals surface area (Å²) >= 11 is 0. The summed E-state index contributed by atoms with van der Waals surface area (Å²) in [5.74, 6) is -3.75. The van der Waals surface area contributed by atoms with Crippen LogP contribution in [0.4, 0.5) is 4.79 Å². The van der Waals surface area contributed by atoms with Crippen molar-refractivity contribution in [1.82, 2.24) is 40.8 Å². The van der Waals surface area contributed by atoms with Gasteiger partial charge in [0, 0.05) is 42.2 Å². The predicted molar refractivity (Wildman–Crippen MR) is 191 cm³/mol. The maximum atomic E-state index is 14.7. The van der Waals surface area contributed by atoms with Crippen LogP contribution in [-0.4, -0.2) is 102 Å². The molecule has 3 heterocycles. The van der Waals surface area contributed by atoms with Crippen LogP contribution in [0.2, 0.25) is 0 Å². The maximum Gasteiger partial charge on any atom is 0.404 e. The number of hydrogen-bond donors (Lipinski definition) is 7. The quantitative estimate of drug-likeness (QED) is 0.0830. The lowest BCUT2D eigenvalue weighted by molar-refractivity contribution is -0.142. The molecule has 17 nitrogen and oxygen atoms in total. The van der Waals surface area contributed by atoms with Gasteiger partial charge in [-0.15, -0.1) is 5.10 Å². The van der Waals surface area contributed by atoms with Gasteiger partial charge in [-0.2, -0.15) is 0 Å². The van der Waals surface area contributed by atoms with Gasteiger partial charge in [0.15, 0.2) is 0 Å². The summed E-state index contributed by atoms with van der Waals surface area (Å²) in [6, 6.07) is 2.96. The molecule has 53 heavy (non-hydrogen) atoms. The Morgan fingerprint density at radius 2 is 1.79 bits per heavy atom. The lowest BCUT2D eigenvalue weighted by Gasteiger charge is -2.32. The number of nitrogens with zero attached hydrogens (tertiary/aromatic N) is 4. The van der Waals surface area contributed by atoms with Crippen LogP contribution in [0.5, 0.6) is 0 Å². The SMILES string of the molecule is CC(C)(O)c1cnnn1[C@H]1C[C@@H](C(=O)NC(CCCCNC(=O)O)C(=O)C(N)=O)N(C(=O)[C@@H](CC2CCCCC2)NC(=O)c2ccc3[nH]ccc3c2)C1. The van der Waals surface area contributed by atoms with E-state index in [0.29, 0.717) is 24.1 Å². The molecule has 0 spiro atoms. The number of aromatic amines is 1. The van der Waals surface area contributed by atoms with E-state index in [4.69, 9.17) is 10.8 Å². The molecule has 0 radical (unpaired) electrons. The molecular formula is C36H49N9O8. The van der Waals surface area contributed by atoms with Gasteiger partial charge in [-0.3, -0.25) is 24.0 Å². The molecule has 2 aromatic heterocycles. The molecule has 8 N–H and O–H groups in total. The zero-order chi connectivity index (χ0) is 38.3. The third-order valence-electron chi connectivity index (χ3n) is 10.2. The smallest absolute Gasteiger partial charge is 0.404 e. The third kappa shape index (κ3) is 9.77. The summed E-state index contributed by atoms with van der Waals surface area (Å²) < 4.78 is 1.48. The first-order valence-corrected chi connectivity index (χ1v) is 18.1. The normalized spacial score (nSPS) is 19.0. The molecule has 1 aliphatic carbocycles. The number of likely N-dealkylation sites (tertiary alicyclic amines) is 1. The van der Waals surface area contributed by atoms with E-state index < -0.39 is 65.3 Å². The van der Waals surface area contributed by atoms with Gasteiger partial charge in [0.05, 0.1) is 24.0 Å². The molecule has 4 atom stereocenters. The van der Waals surface area contributed by atoms with E-state index in [9.17, 15) is 33.9 Å². The van der Waals surface area contributed by atoms with Crippen LogP contribution in [0.3, 0.4) is 0 Å². The monoisotopic (exact) mass is 735 g/mol. The number of unbranched alkanes of at least 4 members (excludes halogenated alkanes) is 1. The van der Waals surface area contributed by atoms with Gasteiger partial charge in [0.2, 0.25) is 17.6 Å². The summed E-state index contributed by atoms with van der Waals surface area (Å²) in [5.41, 5.74) is 5.56. The van der Waals surface area contributed by atoms with Gasteiger partial charge < -0.3 is 41.8 Å². The number of aromatic nitrogens is 4. The van der Waals surface area contributed by atoms with Crippen LogP contribution in [0.15, 0.2) is 36.7 Å². The van der Waals surface area contributed by atoms with E-state index in [1.807, 2.05) is 6.07 Å². The van der Waals surface area contributed by atoms with Crippen LogP contribution in [0.1, 0.15) is 100 Å². The fraction of sp³-hybridized carbons (Fsp3) is 0.556. The topological polar surface area (TPSA) is 255 Å². The number of Topliss-reactive ketones (excluding diaryl/α,β-unsaturated/α-hetero) is 1. The van der Waals surface area contributed by atoms with Crippen LogP contribution >= 0.6 is 0 Å². The number of primary amides is 1. The molecule has 1 saturated heterocycles. The molecule has 17 heteroatoms. The van der Waals surface area contributed by atoms with Gasteiger partial charge in [0.25, 0.3) is 11.8 Å². The van der Waals surface area contributed by atoms with Crippen molar-refractivity contribution in [2.45, 2.75) is 108 Å². The Morgan fingerprint density at radius 1 is 1.04 bits per heavy atom. The second-order valence-electron chi connectivity index (χ2n) is 14.6.